The second kappa shape index (κ2) is 8.34. The average Bonchev–Trinajstić information content (AvgIpc) is 2.90. The van der Waals surface area contributed by atoms with Gasteiger partial charge in [-0.2, -0.15) is 0 Å². The van der Waals surface area contributed by atoms with Crippen LogP contribution in [0.15, 0.2) is 22.0 Å². The second-order valence-electron chi connectivity index (χ2n) is 4.39. The zero-order chi connectivity index (χ0) is 15.2. The first-order valence-corrected chi connectivity index (χ1v) is 8.94. The SMILES string of the molecule is CCCNCc1nc(COc2cc(Cl)c(Br)cc2Cl)cs1. The molecule has 1 aromatic heterocycles. The minimum atomic E-state index is 0.377. The second-order valence-corrected chi connectivity index (χ2v) is 7.01. The molecule has 0 aliphatic heterocycles. The van der Waals surface area contributed by atoms with Crippen LogP contribution in [0.1, 0.15) is 24.0 Å². The van der Waals surface area contributed by atoms with E-state index in [0.717, 1.165) is 34.7 Å². The van der Waals surface area contributed by atoms with Gasteiger partial charge in [-0.1, -0.05) is 30.1 Å². The molecule has 0 aliphatic carbocycles. The summed E-state index contributed by atoms with van der Waals surface area (Å²) in [4.78, 5) is 4.51. The Morgan fingerprint density at radius 2 is 2.14 bits per heavy atom. The number of nitrogens with zero attached hydrogens (tertiary/aromatic N) is 1. The Kier molecular flexibility index (Phi) is 6.76. The normalized spacial score (nSPS) is 10.9. The Bertz CT molecular complexity index is 607. The van der Waals surface area contributed by atoms with Gasteiger partial charge < -0.3 is 10.1 Å². The summed E-state index contributed by atoms with van der Waals surface area (Å²) < 4.78 is 6.43. The van der Waals surface area contributed by atoms with Crippen molar-refractivity contribution in [2.45, 2.75) is 26.5 Å². The standard InChI is InChI=1S/C14H15BrCl2N2OS/c1-2-3-18-6-14-19-9(8-21-14)7-20-13-5-11(16)10(15)4-12(13)17/h4-5,8,18H,2-3,6-7H2,1H3. The Morgan fingerprint density at radius 3 is 2.90 bits per heavy atom. The summed E-state index contributed by atoms with van der Waals surface area (Å²) >= 11 is 17.1. The van der Waals surface area contributed by atoms with Gasteiger partial charge in [0.25, 0.3) is 0 Å². The van der Waals surface area contributed by atoms with Gasteiger partial charge in [-0.05, 0) is 35.0 Å². The lowest BCUT2D eigenvalue weighted by Gasteiger charge is -2.08. The summed E-state index contributed by atoms with van der Waals surface area (Å²) in [5.74, 6) is 0.559. The minimum Gasteiger partial charge on any atom is -0.486 e. The molecule has 2 rings (SSSR count). The number of nitrogens with one attached hydrogen (secondary N) is 1. The smallest absolute Gasteiger partial charge is 0.140 e. The van der Waals surface area contributed by atoms with Gasteiger partial charge in [-0.25, -0.2) is 4.98 Å². The predicted octanol–water partition coefficient (Wildman–Crippen LogP) is 5.29. The highest BCUT2D eigenvalue weighted by atomic mass is 79.9. The fraction of sp³-hybridized carbons (Fsp3) is 0.357. The third kappa shape index (κ3) is 5.11. The molecule has 1 heterocycles. The van der Waals surface area contributed by atoms with Crippen LogP contribution in [-0.4, -0.2) is 11.5 Å². The molecule has 0 aliphatic rings. The van der Waals surface area contributed by atoms with Gasteiger partial charge in [0.2, 0.25) is 0 Å². The molecule has 7 heteroatoms. The molecular weight excluding hydrogens is 395 g/mol. The van der Waals surface area contributed by atoms with Crippen molar-refractivity contribution in [1.82, 2.24) is 10.3 Å². The van der Waals surface area contributed by atoms with Gasteiger partial charge in [0.1, 0.15) is 17.4 Å². The van der Waals surface area contributed by atoms with Crippen LogP contribution in [0.4, 0.5) is 0 Å². The first-order valence-electron chi connectivity index (χ1n) is 6.51. The highest BCUT2D eigenvalue weighted by Gasteiger charge is 2.08. The highest BCUT2D eigenvalue weighted by Crippen LogP contribution is 2.34. The van der Waals surface area contributed by atoms with Gasteiger partial charge in [-0.3, -0.25) is 0 Å². The van der Waals surface area contributed by atoms with Crippen molar-refractivity contribution in [3.8, 4) is 5.75 Å². The monoisotopic (exact) mass is 408 g/mol. The van der Waals surface area contributed by atoms with E-state index in [1.54, 1.807) is 23.5 Å². The number of rotatable bonds is 7. The lowest BCUT2D eigenvalue weighted by atomic mass is 10.3. The van der Waals surface area contributed by atoms with Crippen LogP contribution >= 0.6 is 50.5 Å². The fourth-order valence-corrected chi connectivity index (χ4v) is 3.23. The summed E-state index contributed by atoms with van der Waals surface area (Å²) in [6, 6.07) is 3.42. The van der Waals surface area contributed by atoms with Crippen molar-refractivity contribution in [3.63, 3.8) is 0 Å². The Hall–Kier alpha value is -0.330. The molecule has 0 atom stereocenters. The van der Waals surface area contributed by atoms with Gasteiger partial charge >= 0.3 is 0 Å². The molecule has 1 N–H and O–H groups in total. The van der Waals surface area contributed by atoms with Crippen LogP contribution < -0.4 is 10.1 Å². The number of thiazole rings is 1. The van der Waals surface area contributed by atoms with E-state index in [1.807, 2.05) is 5.38 Å². The van der Waals surface area contributed by atoms with Crippen LogP contribution in [0, 0.1) is 0 Å². The van der Waals surface area contributed by atoms with Gasteiger partial charge in [0.15, 0.2) is 0 Å². The van der Waals surface area contributed by atoms with Gasteiger partial charge in [0, 0.05) is 22.5 Å². The van der Waals surface area contributed by atoms with E-state index in [-0.39, 0.29) is 0 Å². The molecule has 1 aromatic carbocycles. The molecule has 0 radical (unpaired) electrons. The van der Waals surface area contributed by atoms with E-state index in [9.17, 15) is 0 Å². The molecule has 0 saturated heterocycles. The maximum Gasteiger partial charge on any atom is 0.140 e. The fourth-order valence-electron chi connectivity index (χ4n) is 1.64. The highest BCUT2D eigenvalue weighted by molar-refractivity contribution is 9.10. The van der Waals surface area contributed by atoms with Crippen LogP contribution in [0.3, 0.4) is 0 Å². The minimum absolute atomic E-state index is 0.377. The third-order valence-electron chi connectivity index (χ3n) is 2.65. The van der Waals surface area contributed by atoms with E-state index in [2.05, 4.69) is 33.2 Å². The molecule has 0 fully saturated rings. The Balaban J connectivity index is 1.92. The maximum atomic E-state index is 6.12. The molecule has 0 bridgehead atoms. The molecule has 114 valence electrons. The largest absolute Gasteiger partial charge is 0.486 e. The number of halogens is 3. The van der Waals surface area contributed by atoms with Crippen molar-refractivity contribution in [2.75, 3.05) is 6.54 Å². The topological polar surface area (TPSA) is 34.2 Å². The van der Waals surface area contributed by atoms with Gasteiger partial charge in [0.05, 0.1) is 15.7 Å². The molecular formula is C14H15BrCl2N2OS. The lowest BCUT2D eigenvalue weighted by Crippen LogP contribution is -2.13. The molecule has 2 aromatic rings. The van der Waals surface area contributed by atoms with Crippen LogP contribution in [0.5, 0.6) is 5.75 Å². The summed E-state index contributed by atoms with van der Waals surface area (Å²) in [5.41, 5.74) is 0.892. The number of ether oxygens (including phenoxy) is 1. The van der Waals surface area contributed by atoms with E-state index >= 15 is 0 Å². The van der Waals surface area contributed by atoms with Crippen molar-refractivity contribution < 1.29 is 4.74 Å². The van der Waals surface area contributed by atoms with Crippen molar-refractivity contribution in [1.29, 1.82) is 0 Å². The molecule has 0 unspecified atom stereocenters. The van der Waals surface area contributed by atoms with Crippen molar-refractivity contribution in [2.24, 2.45) is 0 Å². The number of aromatic nitrogens is 1. The summed E-state index contributed by atoms with van der Waals surface area (Å²) in [5, 5.41) is 7.47. The lowest BCUT2D eigenvalue weighted by molar-refractivity contribution is 0.302. The maximum absolute atomic E-state index is 6.12. The predicted molar refractivity (Wildman–Crippen MR) is 92.6 cm³/mol. The summed E-state index contributed by atoms with van der Waals surface area (Å²) in [7, 11) is 0. The Morgan fingerprint density at radius 1 is 1.33 bits per heavy atom. The van der Waals surface area contributed by atoms with Crippen molar-refractivity contribution in [3.05, 3.63) is 42.7 Å². The van der Waals surface area contributed by atoms with E-state index in [0.29, 0.717) is 22.4 Å². The van der Waals surface area contributed by atoms with Crippen LogP contribution in [0.25, 0.3) is 0 Å². The number of hydrogen-bond donors (Lipinski definition) is 1. The molecule has 0 amide bonds. The van der Waals surface area contributed by atoms with E-state index in [4.69, 9.17) is 27.9 Å². The quantitative estimate of drug-likeness (QED) is 0.498. The molecule has 0 spiro atoms. The summed E-state index contributed by atoms with van der Waals surface area (Å²) in [6.07, 6.45) is 1.12. The molecule has 21 heavy (non-hydrogen) atoms. The number of hydrogen-bond acceptors (Lipinski definition) is 4. The number of benzene rings is 1. The zero-order valence-electron chi connectivity index (χ0n) is 11.5. The summed E-state index contributed by atoms with van der Waals surface area (Å²) in [6.45, 7) is 4.31. The van der Waals surface area contributed by atoms with Crippen LogP contribution in [0.2, 0.25) is 10.0 Å². The molecule has 0 saturated carbocycles. The average molecular weight is 410 g/mol. The van der Waals surface area contributed by atoms with Crippen LogP contribution in [-0.2, 0) is 13.2 Å². The van der Waals surface area contributed by atoms with Crippen molar-refractivity contribution >= 4 is 50.5 Å². The Labute approximate surface area is 146 Å². The first kappa shape index (κ1) is 17.0. The first-order chi connectivity index (χ1) is 10.1. The van der Waals surface area contributed by atoms with Gasteiger partial charge in [-0.15, -0.1) is 11.3 Å². The molecule has 3 nitrogen and oxygen atoms in total. The van der Waals surface area contributed by atoms with E-state index < -0.39 is 0 Å². The van der Waals surface area contributed by atoms with E-state index in [1.165, 1.54) is 0 Å². The zero-order valence-corrected chi connectivity index (χ0v) is 15.4. The third-order valence-corrected chi connectivity index (χ3v) is 5.04.